The number of guanidine groups is 1. The lowest BCUT2D eigenvalue weighted by atomic mass is 10.1. The van der Waals surface area contributed by atoms with Crippen LogP contribution in [-0.4, -0.2) is 30.4 Å². The van der Waals surface area contributed by atoms with Gasteiger partial charge < -0.3 is 5.73 Å². The molecule has 2 aromatic carbocycles. The first kappa shape index (κ1) is 21.2. The van der Waals surface area contributed by atoms with Crippen molar-refractivity contribution < 1.29 is 13.2 Å². The van der Waals surface area contributed by atoms with Gasteiger partial charge in [-0.25, -0.2) is 5.01 Å². The molecule has 0 bridgehead atoms. The third kappa shape index (κ3) is 6.88. The molecule has 0 amide bonds. The molecule has 0 unspecified atom stereocenters. The molecule has 0 aliphatic rings. The number of hydrogen-bond donors (Lipinski definition) is 1. The van der Waals surface area contributed by atoms with Crippen LogP contribution in [0.2, 0.25) is 5.02 Å². The molecule has 0 fully saturated rings. The van der Waals surface area contributed by atoms with Crippen molar-refractivity contribution in [3.05, 3.63) is 76.3 Å². The molecule has 146 valence electrons. The van der Waals surface area contributed by atoms with Gasteiger partial charge in [-0.2, -0.15) is 23.4 Å². The Bertz CT molecular complexity index is 885. The van der Waals surface area contributed by atoms with Crippen molar-refractivity contribution in [2.75, 3.05) is 7.05 Å². The Labute approximate surface area is 165 Å². The minimum Gasteiger partial charge on any atom is -0.367 e. The number of nitrogens with two attached hydrogens (primary N) is 1. The highest BCUT2D eigenvalue weighted by atomic mass is 35.5. The molecule has 9 heteroatoms. The maximum atomic E-state index is 12.5. The predicted octanol–water partition coefficient (Wildman–Crippen LogP) is 4.64. The quantitative estimate of drug-likeness (QED) is 0.446. The Hall–Kier alpha value is -3.13. The minimum absolute atomic E-state index is 0.0132. The number of hydrazone groups is 1. The molecule has 28 heavy (non-hydrogen) atoms. The molecule has 5 nitrogen and oxygen atoms in total. The summed E-state index contributed by atoms with van der Waals surface area (Å²) in [4.78, 5) is 0. The van der Waals surface area contributed by atoms with Gasteiger partial charge in [-0.05, 0) is 41.5 Å². The first-order chi connectivity index (χ1) is 13.3. The van der Waals surface area contributed by atoms with Crippen molar-refractivity contribution in [3.63, 3.8) is 0 Å². The molecule has 0 heterocycles. The summed E-state index contributed by atoms with van der Waals surface area (Å²) >= 11 is 5.81. The van der Waals surface area contributed by atoms with Crippen LogP contribution in [0.15, 0.2) is 69.9 Å². The number of alkyl halides is 3. The van der Waals surface area contributed by atoms with Crippen LogP contribution < -0.4 is 5.73 Å². The first-order valence-corrected chi connectivity index (χ1v) is 8.37. The second-order valence-electron chi connectivity index (χ2n) is 5.52. The number of rotatable bonds is 5. The summed E-state index contributed by atoms with van der Waals surface area (Å²) in [5.41, 5.74) is 6.45. The minimum atomic E-state index is -4.37. The summed E-state index contributed by atoms with van der Waals surface area (Å²) in [7, 11) is 1.54. The number of halogens is 4. The molecular formula is C19H17ClF3N5. The second-order valence-corrected chi connectivity index (χ2v) is 5.96. The molecular weight excluding hydrogens is 391 g/mol. The molecule has 0 aromatic heterocycles. The van der Waals surface area contributed by atoms with Gasteiger partial charge in [0.05, 0.1) is 11.8 Å². The van der Waals surface area contributed by atoms with Crippen LogP contribution in [0.1, 0.15) is 16.7 Å². The van der Waals surface area contributed by atoms with Gasteiger partial charge in [0.2, 0.25) is 5.96 Å². The summed E-state index contributed by atoms with van der Waals surface area (Å²) in [6.45, 7) is 0. The maximum Gasteiger partial charge on any atom is 0.416 e. The third-order valence-electron chi connectivity index (χ3n) is 3.42. The van der Waals surface area contributed by atoms with E-state index in [9.17, 15) is 13.2 Å². The Balaban J connectivity index is 1.91. The van der Waals surface area contributed by atoms with Crippen molar-refractivity contribution in [3.8, 4) is 0 Å². The van der Waals surface area contributed by atoms with Crippen LogP contribution >= 0.6 is 11.6 Å². The zero-order valence-corrected chi connectivity index (χ0v) is 15.6. The van der Waals surface area contributed by atoms with E-state index in [4.69, 9.17) is 17.3 Å². The molecule has 0 saturated carbocycles. The van der Waals surface area contributed by atoms with E-state index in [1.165, 1.54) is 29.6 Å². The Morgan fingerprint density at radius 3 is 2.25 bits per heavy atom. The SMILES string of the molecule is CN(N=Cc1ccc(C(F)(F)F)cc1)C(N)=NN=C/C=C/c1ccc(Cl)cc1. The summed E-state index contributed by atoms with van der Waals surface area (Å²) in [6.07, 6.45) is 1.95. The Morgan fingerprint density at radius 2 is 1.64 bits per heavy atom. The number of benzene rings is 2. The van der Waals surface area contributed by atoms with E-state index < -0.39 is 11.7 Å². The van der Waals surface area contributed by atoms with Crippen molar-refractivity contribution in [2.45, 2.75) is 6.18 Å². The summed E-state index contributed by atoms with van der Waals surface area (Å²) in [6, 6.07) is 11.9. The highest BCUT2D eigenvalue weighted by Crippen LogP contribution is 2.28. The highest BCUT2D eigenvalue weighted by Gasteiger charge is 2.29. The van der Waals surface area contributed by atoms with Gasteiger partial charge >= 0.3 is 6.18 Å². The lowest BCUT2D eigenvalue weighted by molar-refractivity contribution is -0.137. The monoisotopic (exact) mass is 407 g/mol. The topological polar surface area (TPSA) is 66.3 Å². The van der Waals surface area contributed by atoms with Gasteiger partial charge in [-0.15, -0.1) is 5.10 Å². The molecule has 0 saturated heterocycles. The zero-order valence-electron chi connectivity index (χ0n) is 14.8. The molecule has 2 N–H and O–H groups in total. The van der Waals surface area contributed by atoms with E-state index in [0.29, 0.717) is 10.6 Å². The van der Waals surface area contributed by atoms with Crippen LogP contribution in [0.3, 0.4) is 0 Å². The third-order valence-corrected chi connectivity index (χ3v) is 3.67. The number of hydrogen-bond acceptors (Lipinski definition) is 3. The Kier molecular flexibility index (Phi) is 7.34. The van der Waals surface area contributed by atoms with Gasteiger partial charge in [0, 0.05) is 18.3 Å². The molecule has 0 aliphatic heterocycles. The van der Waals surface area contributed by atoms with Gasteiger partial charge in [0.1, 0.15) is 0 Å². The Morgan fingerprint density at radius 1 is 1.04 bits per heavy atom. The smallest absolute Gasteiger partial charge is 0.367 e. The fourth-order valence-corrected chi connectivity index (χ4v) is 2.02. The number of allylic oxidation sites excluding steroid dienone is 1. The molecule has 0 atom stereocenters. The van der Waals surface area contributed by atoms with E-state index in [1.807, 2.05) is 18.2 Å². The summed E-state index contributed by atoms with van der Waals surface area (Å²) < 4.78 is 37.6. The van der Waals surface area contributed by atoms with Crippen molar-refractivity contribution in [2.24, 2.45) is 21.0 Å². The van der Waals surface area contributed by atoms with Gasteiger partial charge in [-0.1, -0.05) is 41.9 Å². The summed E-state index contributed by atoms with van der Waals surface area (Å²) in [5, 5.41) is 13.5. The molecule has 2 aromatic rings. The van der Waals surface area contributed by atoms with Crippen molar-refractivity contribution in [1.29, 1.82) is 0 Å². The lowest BCUT2D eigenvalue weighted by Crippen LogP contribution is -2.29. The largest absolute Gasteiger partial charge is 0.416 e. The summed E-state index contributed by atoms with van der Waals surface area (Å²) in [5.74, 6) is 0.0132. The molecule has 0 radical (unpaired) electrons. The van der Waals surface area contributed by atoms with Crippen molar-refractivity contribution >= 4 is 36.1 Å². The average Bonchev–Trinajstić information content (AvgIpc) is 2.66. The fraction of sp³-hybridized carbons (Fsp3) is 0.105. The van der Waals surface area contributed by atoms with Crippen LogP contribution in [0.25, 0.3) is 6.08 Å². The van der Waals surface area contributed by atoms with Crippen LogP contribution in [0.5, 0.6) is 0 Å². The van der Waals surface area contributed by atoms with Gasteiger partial charge in [-0.3, -0.25) is 0 Å². The maximum absolute atomic E-state index is 12.5. The van der Waals surface area contributed by atoms with E-state index >= 15 is 0 Å². The highest BCUT2D eigenvalue weighted by molar-refractivity contribution is 6.30. The standard InChI is InChI=1S/C19H17ClF3N5/c1-28(26-13-15-4-8-16(9-5-15)19(21,22)23)18(24)27-25-12-2-3-14-6-10-17(20)11-7-14/h2-13H,1H3,(H2,24,27)/b3-2+,25-12?,26-13?. The van der Waals surface area contributed by atoms with Crippen LogP contribution in [-0.2, 0) is 6.18 Å². The fourth-order valence-electron chi connectivity index (χ4n) is 1.89. The molecule has 2 rings (SSSR count). The average molecular weight is 408 g/mol. The van der Waals surface area contributed by atoms with Gasteiger partial charge in [0.25, 0.3) is 0 Å². The van der Waals surface area contributed by atoms with E-state index in [0.717, 1.165) is 17.7 Å². The number of nitrogens with zero attached hydrogens (tertiary/aromatic N) is 4. The normalized spacial score (nSPS) is 13.1. The van der Waals surface area contributed by atoms with E-state index in [-0.39, 0.29) is 5.96 Å². The van der Waals surface area contributed by atoms with E-state index in [1.54, 1.807) is 25.3 Å². The van der Waals surface area contributed by atoms with Crippen LogP contribution in [0.4, 0.5) is 13.2 Å². The molecule has 0 aliphatic carbocycles. The second kappa shape index (κ2) is 9.70. The van der Waals surface area contributed by atoms with E-state index in [2.05, 4.69) is 15.3 Å². The van der Waals surface area contributed by atoms with Gasteiger partial charge in [0.15, 0.2) is 0 Å². The lowest BCUT2D eigenvalue weighted by Gasteiger charge is -2.09. The van der Waals surface area contributed by atoms with Crippen molar-refractivity contribution in [1.82, 2.24) is 5.01 Å². The molecule has 0 spiro atoms. The first-order valence-electron chi connectivity index (χ1n) is 7.99. The van der Waals surface area contributed by atoms with Crippen LogP contribution in [0, 0.1) is 0 Å². The zero-order chi connectivity index (χ0) is 20.6. The predicted molar refractivity (Wildman–Crippen MR) is 107 cm³/mol.